The highest BCUT2D eigenvalue weighted by molar-refractivity contribution is 6.33. The fraction of sp³-hybridized carbons (Fsp3) is 0.417. The van der Waals surface area contributed by atoms with Gasteiger partial charge in [0.2, 0.25) is 0 Å². The molecule has 0 aromatic heterocycles. The SMILES string of the molecule is CCCN(c1ccccc1Cl)C(C)C(=O)O. The van der Waals surface area contributed by atoms with Crippen LogP contribution in [0.3, 0.4) is 0 Å². The number of hydrogen-bond donors (Lipinski definition) is 1. The Labute approximate surface area is 101 Å². The van der Waals surface area contributed by atoms with Crippen molar-refractivity contribution in [1.29, 1.82) is 0 Å². The lowest BCUT2D eigenvalue weighted by Gasteiger charge is -2.29. The minimum Gasteiger partial charge on any atom is -0.480 e. The summed E-state index contributed by atoms with van der Waals surface area (Å²) in [6.07, 6.45) is 0.878. The zero-order chi connectivity index (χ0) is 12.1. The van der Waals surface area contributed by atoms with Crippen LogP contribution >= 0.6 is 11.6 Å². The highest BCUT2D eigenvalue weighted by Gasteiger charge is 2.21. The maximum atomic E-state index is 11.0. The van der Waals surface area contributed by atoms with E-state index in [1.54, 1.807) is 13.0 Å². The molecular formula is C12H16ClNO2. The molecule has 1 N–H and O–H groups in total. The molecule has 1 atom stereocenters. The van der Waals surface area contributed by atoms with E-state index in [0.29, 0.717) is 11.6 Å². The van der Waals surface area contributed by atoms with Crippen molar-refractivity contribution < 1.29 is 9.90 Å². The van der Waals surface area contributed by atoms with E-state index in [2.05, 4.69) is 0 Å². The summed E-state index contributed by atoms with van der Waals surface area (Å²) in [7, 11) is 0. The second-order valence-corrected chi connectivity index (χ2v) is 4.07. The zero-order valence-electron chi connectivity index (χ0n) is 9.48. The molecule has 0 spiro atoms. The minimum absolute atomic E-state index is 0.570. The van der Waals surface area contributed by atoms with Gasteiger partial charge >= 0.3 is 5.97 Å². The first-order valence-corrected chi connectivity index (χ1v) is 5.69. The Morgan fingerprint density at radius 3 is 2.62 bits per heavy atom. The Morgan fingerprint density at radius 1 is 1.50 bits per heavy atom. The molecule has 0 fully saturated rings. The number of benzene rings is 1. The molecule has 0 aliphatic carbocycles. The van der Waals surface area contributed by atoms with E-state index in [9.17, 15) is 4.79 Å². The number of nitrogens with zero attached hydrogens (tertiary/aromatic N) is 1. The normalized spacial score (nSPS) is 12.2. The van der Waals surface area contributed by atoms with Crippen LogP contribution < -0.4 is 4.90 Å². The van der Waals surface area contributed by atoms with Crippen molar-refractivity contribution in [3.63, 3.8) is 0 Å². The van der Waals surface area contributed by atoms with Crippen LogP contribution in [0.5, 0.6) is 0 Å². The number of aliphatic carboxylic acids is 1. The fourth-order valence-electron chi connectivity index (χ4n) is 1.58. The van der Waals surface area contributed by atoms with E-state index >= 15 is 0 Å². The number of carboxylic acids is 1. The van der Waals surface area contributed by atoms with E-state index in [-0.39, 0.29) is 0 Å². The van der Waals surface area contributed by atoms with Crippen molar-refractivity contribution in [3.8, 4) is 0 Å². The van der Waals surface area contributed by atoms with Crippen molar-refractivity contribution in [1.82, 2.24) is 0 Å². The lowest BCUT2D eigenvalue weighted by Crippen LogP contribution is -2.39. The summed E-state index contributed by atoms with van der Waals surface area (Å²) in [5, 5.41) is 9.63. The highest BCUT2D eigenvalue weighted by atomic mass is 35.5. The first-order valence-electron chi connectivity index (χ1n) is 5.32. The molecule has 1 aromatic rings. The Morgan fingerprint density at radius 2 is 2.12 bits per heavy atom. The predicted molar refractivity (Wildman–Crippen MR) is 66.2 cm³/mol. The molecule has 88 valence electrons. The van der Waals surface area contributed by atoms with Gasteiger partial charge in [0, 0.05) is 6.54 Å². The van der Waals surface area contributed by atoms with Gasteiger partial charge in [-0.15, -0.1) is 0 Å². The number of anilines is 1. The number of carbonyl (C=O) groups is 1. The van der Waals surface area contributed by atoms with Crippen molar-refractivity contribution in [2.45, 2.75) is 26.3 Å². The fourth-order valence-corrected chi connectivity index (χ4v) is 1.83. The van der Waals surface area contributed by atoms with E-state index in [1.165, 1.54) is 0 Å². The molecule has 16 heavy (non-hydrogen) atoms. The molecule has 1 rings (SSSR count). The van der Waals surface area contributed by atoms with Crippen molar-refractivity contribution in [3.05, 3.63) is 29.3 Å². The molecule has 0 aliphatic heterocycles. The minimum atomic E-state index is -0.839. The van der Waals surface area contributed by atoms with Gasteiger partial charge in [0.05, 0.1) is 10.7 Å². The van der Waals surface area contributed by atoms with E-state index in [1.807, 2.05) is 30.0 Å². The molecule has 0 bridgehead atoms. The van der Waals surface area contributed by atoms with Crippen LogP contribution in [0.1, 0.15) is 20.3 Å². The number of para-hydroxylation sites is 1. The van der Waals surface area contributed by atoms with Gasteiger partial charge in [-0.05, 0) is 25.5 Å². The van der Waals surface area contributed by atoms with Crippen LogP contribution in [-0.2, 0) is 4.79 Å². The summed E-state index contributed by atoms with van der Waals surface area (Å²) in [4.78, 5) is 12.8. The largest absolute Gasteiger partial charge is 0.480 e. The van der Waals surface area contributed by atoms with Gasteiger partial charge < -0.3 is 10.0 Å². The summed E-state index contributed by atoms with van der Waals surface area (Å²) in [6.45, 7) is 4.36. The van der Waals surface area contributed by atoms with Crippen molar-refractivity contribution in [2.24, 2.45) is 0 Å². The average molecular weight is 242 g/mol. The third-order valence-electron chi connectivity index (χ3n) is 2.45. The molecule has 1 unspecified atom stereocenters. The molecule has 0 amide bonds. The first-order chi connectivity index (χ1) is 7.57. The monoisotopic (exact) mass is 241 g/mol. The van der Waals surface area contributed by atoms with Gasteiger partial charge in [-0.1, -0.05) is 30.7 Å². The first kappa shape index (κ1) is 12.8. The highest BCUT2D eigenvalue weighted by Crippen LogP contribution is 2.27. The quantitative estimate of drug-likeness (QED) is 0.862. The number of carboxylic acid groups (broad SMARTS) is 1. The summed E-state index contributed by atoms with van der Waals surface area (Å²) < 4.78 is 0. The topological polar surface area (TPSA) is 40.5 Å². The smallest absolute Gasteiger partial charge is 0.326 e. The Balaban J connectivity index is 3.02. The Hall–Kier alpha value is -1.22. The third-order valence-corrected chi connectivity index (χ3v) is 2.77. The van der Waals surface area contributed by atoms with E-state index < -0.39 is 12.0 Å². The van der Waals surface area contributed by atoms with Crippen LogP contribution in [-0.4, -0.2) is 23.7 Å². The molecule has 1 aromatic carbocycles. The van der Waals surface area contributed by atoms with E-state index in [4.69, 9.17) is 16.7 Å². The lowest BCUT2D eigenvalue weighted by molar-refractivity contribution is -0.138. The van der Waals surface area contributed by atoms with Crippen LogP contribution in [0.15, 0.2) is 24.3 Å². The molecule has 3 nitrogen and oxygen atoms in total. The molecule has 0 saturated carbocycles. The summed E-state index contributed by atoms with van der Waals surface area (Å²) in [5.74, 6) is -0.839. The van der Waals surface area contributed by atoms with Gasteiger partial charge in [0.1, 0.15) is 6.04 Å². The van der Waals surface area contributed by atoms with Crippen molar-refractivity contribution >= 4 is 23.3 Å². The van der Waals surface area contributed by atoms with Gasteiger partial charge in [-0.3, -0.25) is 0 Å². The van der Waals surface area contributed by atoms with E-state index in [0.717, 1.165) is 12.1 Å². The maximum Gasteiger partial charge on any atom is 0.326 e. The predicted octanol–water partition coefficient (Wildman–Crippen LogP) is 3.03. The summed E-state index contributed by atoms with van der Waals surface area (Å²) >= 11 is 6.07. The van der Waals surface area contributed by atoms with Gasteiger partial charge in [0.25, 0.3) is 0 Å². The van der Waals surface area contributed by atoms with Crippen LogP contribution in [0.2, 0.25) is 5.02 Å². The van der Waals surface area contributed by atoms with Gasteiger partial charge in [-0.25, -0.2) is 4.79 Å². The van der Waals surface area contributed by atoms with Crippen molar-refractivity contribution in [2.75, 3.05) is 11.4 Å². The average Bonchev–Trinajstić information content (AvgIpc) is 2.26. The molecule has 0 heterocycles. The molecular weight excluding hydrogens is 226 g/mol. The Bertz CT molecular complexity index is 368. The maximum absolute atomic E-state index is 11.0. The van der Waals surface area contributed by atoms with Crippen LogP contribution in [0.25, 0.3) is 0 Å². The lowest BCUT2D eigenvalue weighted by atomic mass is 10.2. The second kappa shape index (κ2) is 5.75. The number of hydrogen-bond acceptors (Lipinski definition) is 2. The molecule has 0 saturated heterocycles. The number of rotatable bonds is 5. The van der Waals surface area contributed by atoms with Gasteiger partial charge in [0.15, 0.2) is 0 Å². The van der Waals surface area contributed by atoms with Crippen LogP contribution in [0, 0.1) is 0 Å². The molecule has 0 aliphatic rings. The summed E-state index contributed by atoms with van der Waals surface area (Å²) in [5.41, 5.74) is 0.779. The standard InChI is InChI=1S/C12H16ClNO2/c1-3-8-14(9(2)12(15)16)11-7-5-4-6-10(11)13/h4-7,9H,3,8H2,1-2H3,(H,15,16). The zero-order valence-corrected chi connectivity index (χ0v) is 10.2. The number of halogens is 1. The molecule has 4 heteroatoms. The van der Waals surface area contributed by atoms with Gasteiger partial charge in [-0.2, -0.15) is 0 Å². The molecule has 0 radical (unpaired) electrons. The Kier molecular flexibility index (Phi) is 4.62. The second-order valence-electron chi connectivity index (χ2n) is 3.66. The van der Waals surface area contributed by atoms with Crippen LogP contribution in [0.4, 0.5) is 5.69 Å². The third kappa shape index (κ3) is 2.89. The summed E-state index contributed by atoms with van der Waals surface area (Å²) in [6, 6.07) is 6.74.